The number of hydrogen-bond acceptors (Lipinski definition) is 2. The third-order valence-electron chi connectivity index (χ3n) is 2.72. The molecule has 1 saturated carbocycles. The first-order valence-corrected chi connectivity index (χ1v) is 5.43. The largest absolute Gasteiger partial charge is 0.375 e. The molecule has 1 aliphatic rings. The van der Waals surface area contributed by atoms with Crippen molar-refractivity contribution >= 4 is 5.91 Å². The molecule has 0 aromatic heterocycles. The van der Waals surface area contributed by atoms with Gasteiger partial charge in [-0.15, -0.1) is 0 Å². The Bertz CT molecular complexity index is 258. The number of ether oxygens (including phenoxy) is 1. The minimum Gasteiger partial charge on any atom is -0.375 e. The van der Waals surface area contributed by atoms with Crippen LogP contribution < -0.4 is 5.32 Å². The predicted molar refractivity (Wildman–Crippen MR) is 60.5 cm³/mol. The third-order valence-corrected chi connectivity index (χ3v) is 2.72. The monoisotopic (exact) mass is 211 g/mol. The van der Waals surface area contributed by atoms with Crippen molar-refractivity contribution in [3.8, 4) is 0 Å². The molecule has 1 amide bonds. The van der Waals surface area contributed by atoms with Gasteiger partial charge in [-0.25, -0.2) is 0 Å². The fourth-order valence-corrected chi connectivity index (χ4v) is 1.53. The Labute approximate surface area is 91.9 Å². The van der Waals surface area contributed by atoms with E-state index in [0.29, 0.717) is 19.8 Å². The van der Waals surface area contributed by atoms with Gasteiger partial charge in [0.15, 0.2) is 0 Å². The van der Waals surface area contributed by atoms with Gasteiger partial charge < -0.3 is 10.1 Å². The average Bonchev–Trinajstić information content (AvgIpc) is 2.74. The van der Waals surface area contributed by atoms with E-state index in [-0.39, 0.29) is 17.2 Å². The lowest BCUT2D eigenvalue weighted by Crippen LogP contribution is -2.29. The summed E-state index contributed by atoms with van der Waals surface area (Å²) in [6.45, 7) is 11.6. The van der Waals surface area contributed by atoms with Crippen molar-refractivity contribution < 1.29 is 9.53 Å². The van der Waals surface area contributed by atoms with Crippen molar-refractivity contribution in [3.05, 3.63) is 12.2 Å². The molecule has 0 aromatic carbocycles. The van der Waals surface area contributed by atoms with Gasteiger partial charge in [-0.1, -0.05) is 26.0 Å². The van der Waals surface area contributed by atoms with Gasteiger partial charge in [0.1, 0.15) is 0 Å². The van der Waals surface area contributed by atoms with Gasteiger partial charge in [0.25, 0.3) is 0 Å². The molecule has 3 heteroatoms. The van der Waals surface area contributed by atoms with Gasteiger partial charge in [0.05, 0.1) is 13.2 Å². The van der Waals surface area contributed by atoms with Crippen LogP contribution in [0.5, 0.6) is 0 Å². The molecule has 1 atom stereocenters. The first kappa shape index (κ1) is 12.2. The lowest BCUT2D eigenvalue weighted by Gasteiger charge is -2.07. The molecule has 1 aliphatic carbocycles. The minimum atomic E-state index is 0.166. The van der Waals surface area contributed by atoms with Crippen molar-refractivity contribution in [1.82, 2.24) is 5.32 Å². The zero-order valence-electron chi connectivity index (χ0n) is 9.93. The second-order valence-corrected chi connectivity index (χ2v) is 5.05. The highest BCUT2D eigenvalue weighted by molar-refractivity contribution is 5.82. The van der Waals surface area contributed by atoms with E-state index in [1.54, 1.807) is 0 Å². The number of amides is 1. The molecular formula is C12H21NO2. The van der Waals surface area contributed by atoms with Crippen LogP contribution in [0.1, 0.15) is 27.2 Å². The zero-order chi connectivity index (χ0) is 11.5. The van der Waals surface area contributed by atoms with Gasteiger partial charge in [-0.05, 0) is 18.8 Å². The predicted octanol–water partition coefficient (Wildman–Crippen LogP) is 1.74. The van der Waals surface area contributed by atoms with E-state index in [2.05, 4.69) is 25.7 Å². The van der Waals surface area contributed by atoms with Gasteiger partial charge in [0.2, 0.25) is 5.91 Å². The van der Waals surface area contributed by atoms with E-state index < -0.39 is 0 Å². The van der Waals surface area contributed by atoms with Crippen LogP contribution in [0.3, 0.4) is 0 Å². The van der Waals surface area contributed by atoms with Crippen LogP contribution in [0, 0.1) is 11.3 Å². The Morgan fingerprint density at radius 1 is 1.60 bits per heavy atom. The summed E-state index contributed by atoms with van der Waals surface area (Å²) in [7, 11) is 0. The van der Waals surface area contributed by atoms with Gasteiger partial charge >= 0.3 is 0 Å². The summed E-state index contributed by atoms with van der Waals surface area (Å²) in [6.07, 6.45) is 1.01. The molecule has 1 N–H and O–H groups in total. The van der Waals surface area contributed by atoms with Crippen LogP contribution in [-0.4, -0.2) is 25.7 Å². The van der Waals surface area contributed by atoms with Crippen LogP contribution in [0.2, 0.25) is 0 Å². The summed E-state index contributed by atoms with van der Waals surface area (Å²) in [5, 5.41) is 2.88. The summed E-state index contributed by atoms with van der Waals surface area (Å²) in [5.74, 6) is 0.373. The Morgan fingerprint density at radius 3 is 2.67 bits per heavy atom. The average molecular weight is 211 g/mol. The Kier molecular flexibility index (Phi) is 3.91. The molecule has 1 unspecified atom stereocenters. The Morgan fingerprint density at radius 2 is 2.20 bits per heavy atom. The van der Waals surface area contributed by atoms with E-state index in [1.807, 2.05) is 6.92 Å². The van der Waals surface area contributed by atoms with E-state index in [9.17, 15) is 4.79 Å². The van der Waals surface area contributed by atoms with Crippen molar-refractivity contribution in [3.63, 3.8) is 0 Å². The SMILES string of the molecule is C=C(C)COCCNC(=O)C1CC1(C)C. The van der Waals surface area contributed by atoms with Gasteiger partial charge in [-0.2, -0.15) is 0 Å². The maximum atomic E-state index is 11.5. The summed E-state index contributed by atoms with van der Waals surface area (Å²) in [5.41, 5.74) is 1.22. The second kappa shape index (κ2) is 4.79. The highest BCUT2D eigenvalue weighted by atomic mass is 16.5. The second-order valence-electron chi connectivity index (χ2n) is 5.05. The van der Waals surface area contributed by atoms with Crippen molar-refractivity contribution in [2.75, 3.05) is 19.8 Å². The summed E-state index contributed by atoms with van der Waals surface area (Å²) in [6, 6.07) is 0. The van der Waals surface area contributed by atoms with Gasteiger partial charge in [0, 0.05) is 12.5 Å². The van der Waals surface area contributed by atoms with Crippen molar-refractivity contribution in [2.45, 2.75) is 27.2 Å². The molecule has 1 rings (SSSR count). The minimum absolute atomic E-state index is 0.166. The molecule has 0 aliphatic heterocycles. The topological polar surface area (TPSA) is 38.3 Å². The van der Waals surface area contributed by atoms with Gasteiger partial charge in [-0.3, -0.25) is 4.79 Å². The lowest BCUT2D eigenvalue weighted by atomic mass is 10.1. The number of carbonyl (C=O) groups is 1. The van der Waals surface area contributed by atoms with Crippen LogP contribution in [0.15, 0.2) is 12.2 Å². The van der Waals surface area contributed by atoms with Crippen LogP contribution >= 0.6 is 0 Å². The number of carbonyl (C=O) groups excluding carboxylic acids is 1. The highest BCUT2D eigenvalue weighted by Gasteiger charge is 2.50. The molecule has 0 radical (unpaired) electrons. The molecule has 15 heavy (non-hydrogen) atoms. The normalized spacial score (nSPS) is 22.2. The Hall–Kier alpha value is -0.830. The van der Waals surface area contributed by atoms with E-state index >= 15 is 0 Å². The van der Waals surface area contributed by atoms with E-state index in [1.165, 1.54) is 0 Å². The third kappa shape index (κ3) is 4.04. The highest BCUT2D eigenvalue weighted by Crippen LogP contribution is 2.51. The van der Waals surface area contributed by atoms with Crippen molar-refractivity contribution in [2.24, 2.45) is 11.3 Å². The zero-order valence-corrected chi connectivity index (χ0v) is 9.93. The van der Waals surface area contributed by atoms with Crippen LogP contribution in [0.4, 0.5) is 0 Å². The molecule has 1 fully saturated rings. The maximum absolute atomic E-state index is 11.5. The molecule has 86 valence electrons. The first-order chi connectivity index (χ1) is 6.93. The maximum Gasteiger partial charge on any atom is 0.223 e. The number of nitrogens with one attached hydrogen (secondary N) is 1. The lowest BCUT2D eigenvalue weighted by molar-refractivity contribution is -0.123. The number of rotatable bonds is 6. The van der Waals surface area contributed by atoms with E-state index in [0.717, 1.165) is 12.0 Å². The first-order valence-electron chi connectivity index (χ1n) is 5.43. The molecule has 0 heterocycles. The van der Waals surface area contributed by atoms with Crippen LogP contribution in [0.25, 0.3) is 0 Å². The Balaban J connectivity index is 2.01. The molecular weight excluding hydrogens is 190 g/mol. The molecule has 0 aromatic rings. The quantitative estimate of drug-likeness (QED) is 0.537. The number of hydrogen-bond donors (Lipinski definition) is 1. The van der Waals surface area contributed by atoms with Crippen molar-refractivity contribution in [1.29, 1.82) is 0 Å². The molecule has 3 nitrogen and oxygen atoms in total. The summed E-state index contributed by atoms with van der Waals surface area (Å²) < 4.78 is 5.28. The smallest absolute Gasteiger partial charge is 0.223 e. The fourth-order valence-electron chi connectivity index (χ4n) is 1.53. The standard InChI is InChI=1S/C12H21NO2/c1-9(2)8-15-6-5-13-11(14)10-7-12(10,3)4/h10H,1,5-8H2,2-4H3,(H,13,14). The summed E-state index contributed by atoms with van der Waals surface area (Å²) in [4.78, 5) is 11.5. The van der Waals surface area contributed by atoms with E-state index in [4.69, 9.17) is 4.74 Å². The summed E-state index contributed by atoms with van der Waals surface area (Å²) >= 11 is 0. The molecule has 0 spiro atoms. The fraction of sp³-hybridized carbons (Fsp3) is 0.750. The molecule has 0 bridgehead atoms. The molecule has 0 saturated heterocycles. The van der Waals surface area contributed by atoms with Crippen LogP contribution in [-0.2, 0) is 9.53 Å².